The van der Waals surface area contributed by atoms with Gasteiger partial charge in [0.05, 0.1) is 5.75 Å². The maximum Gasteiger partial charge on any atom is 0.234 e. The van der Waals surface area contributed by atoms with Gasteiger partial charge in [0.15, 0.2) is 5.82 Å². The van der Waals surface area contributed by atoms with Crippen molar-refractivity contribution >= 4 is 46.6 Å². The lowest BCUT2D eigenvalue weighted by Gasteiger charge is -2.08. The predicted molar refractivity (Wildman–Crippen MR) is 108 cm³/mol. The van der Waals surface area contributed by atoms with Crippen molar-refractivity contribution in [3.05, 3.63) is 64.4 Å². The molecule has 3 rings (SSSR count). The van der Waals surface area contributed by atoms with Crippen LogP contribution in [0.3, 0.4) is 0 Å². The number of hydrogen-bond donors (Lipinski definition) is 1. The van der Waals surface area contributed by atoms with Gasteiger partial charge in [0.1, 0.15) is 6.33 Å². The molecule has 0 aliphatic heterocycles. The lowest BCUT2D eigenvalue weighted by molar-refractivity contribution is -0.113. The Morgan fingerprint density at radius 3 is 2.81 bits per heavy atom. The Balaban J connectivity index is 1.56. The first-order chi connectivity index (χ1) is 12.5. The standard InChI is InChI=1S/C18H16Cl2N4OS/c1-24-11-21-23-18(24)12-3-2-4-15(7-12)22-17(25)10-26-9-13-5-6-14(19)8-16(13)20/h2-8,11H,9-10H2,1H3,(H,22,25). The minimum absolute atomic E-state index is 0.0739. The third-order valence-electron chi connectivity index (χ3n) is 3.62. The first-order valence-corrected chi connectivity index (χ1v) is 9.70. The molecule has 26 heavy (non-hydrogen) atoms. The summed E-state index contributed by atoms with van der Waals surface area (Å²) in [7, 11) is 1.87. The predicted octanol–water partition coefficient (Wildman–Crippen LogP) is 4.66. The van der Waals surface area contributed by atoms with Crippen LogP contribution in [0.2, 0.25) is 10.0 Å². The van der Waals surface area contributed by atoms with Crippen LogP contribution in [-0.2, 0) is 17.6 Å². The smallest absolute Gasteiger partial charge is 0.234 e. The van der Waals surface area contributed by atoms with Gasteiger partial charge < -0.3 is 9.88 Å². The summed E-state index contributed by atoms with van der Waals surface area (Å²) in [6, 6.07) is 12.9. The summed E-state index contributed by atoms with van der Waals surface area (Å²) >= 11 is 13.5. The van der Waals surface area contributed by atoms with Crippen molar-refractivity contribution in [2.24, 2.45) is 7.05 Å². The molecule has 0 aliphatic rings. The Kier molecular flexibility index (Phi) is 6.19. The van der Waals surface area contributed by atoms with E-state index in [0.717, 1.165) is 22.6 Å². The van der Waals surface area contributed by atoms with Crippen LogP contribution >= 0.6 is 35.0 Å². The highest BCUT2D eigenvalue weighted by Crippen LogP contribution is 2.25. The van der Waals surface area contributed by atoms with E-state index >= 15 is 0 Å². The van der Waals surface area contributed by atoms with Crippen molar-refractivity contribution in [1.82, 2.24) is 14.8 Å². The Hall–Kier alpha value is -2.02. The summed E-state index contributed by atoms with van der Waals surface area (Å²) in [4.78, 5) is 12.2. The lowest BCUT2D eigenvalue weighted by atomic mass is 10.2. The molecule has 0 radical (unpaired) electrons. The number of rotatable bonds is 6. The van der Waals surface area contributed by atoms with Crippen LogP contribution < -0.4 is 5.32 Å². The molecule has 1 heterocycles. The Morgan fingerprint density at radius 2 is 2.08 bits per heavy atom. The van der Waals surface area contributed by atoms with Gasteiger partial charge in [-0.3, -0.25) is 4.79 Å². The summed E-state index contributed by atoms with van der Waals surface area (Å²) in [6.07, 6.45) is 1.64. The molecule has 2 aromatic carbocycles. The highest BCUT2D eigenvalue weighted by atomic mass is 35.5. The number of hydrogen-bond acceptors (Lipinski definition) is 4. The molecule has 134 valence electrons. The second-order valence-corrected chi connectivity index (χ2v) is 7.45. The van der Waals surface area contributed by atoms with Crippen molar-refractivity contribution in [1.29, 1.82) is 0 Å². The topological polar surface area (TPSA) is 59.8 Å². The van der Waals surface area contributed by atoms with E-state index in [9.17, 15) is 4.79 Å². The van der Waals surface area contributed by atoms with Gasteiger partial charge in [-0.2, -0.15) is 0 Å². The van der Waals surface area contributed by atoms with Crippen molar-refractivity contribution < 1.29 is 4.79 Å². The average Bonchev–Trinajstić information content (AvgIpc) is 3.03. The molecule has 0 unspecified atom stereocenters. The fraction of sp³-hybridized carbons (Fsp3) is 0.167. The minimum Gasteiger partial charge on any atom is -0.325 e. The van der Waals surface area contributed by atoms with Gasteiger partial charge in [-0.05, 0) is 29.8 Å². The largest absolute Gasteiger partial charge is 0.325 e. The second kappa shape index (κ2) is 8.58. The van der Waals surface area contributed by atoms with Gasteiger partial charge in [-0.25, -0.2) is 0 Å². The van der Waals surface area contributed by atoms with Gasteiger partial charge in [0.2, 0.25) is 5.91 Å². The number of nitrogens with zero attached hydrogens (tertiary/aromatic N) is 3. The number of halogens is 2. The van der Waals surface area contributed by atoms with E-state index in [1.165, 1.54) is 11.8 Å². The molecule has 5 nitrogen and oxygen atoms in total. The summed E-state index contributed by atoms with van der Waals surface area (Å²) < 4.78 is 1.83. The lowest BCUT2D eigenvalue weighted by Crippen LogP contribution is -2.14. The monoisotopic (exact) mass is 406 g/mol. The molecule has 0 aliphatic carbocycles. The quantitative estimate of drug-likeness (QED) is 0.646. The number of aryl methyl sites for hydroxylation is 1. The first-order valence-electron chi connectivity index (χ1n) is 7.79. The zero-order valence-electron chi connectivity index (χ0n) is 13.9. The highest BCUT2D eigenvalue weighted by molar-refractivity contribution is 7.99. The number of aromatic nitrogens is 3. The van der Waals surface area contributed by atoms with Crippen molar-refractivity contribution in [2.45, 2.75) is 5.75 Å². The molecule has 0 fully saturated rings. The van der Waals surface area contributed by atoms with E-state index in [2.05, 4.69) is 15.5 Å². The third kappa shape index (κ3) is 4.78. The number of amides is 1. The van der Waals surface area contributed by atoms with Gasteiger partial charge in [0, 0.05) is 34.1 Å². The van der Waals surface area contributed by atoms with Crippen LogP contribution in [0.1, 0.15) is 5.56 Å². The first kappa shape index (κ1) is 18.8. The Labute approximate surface area is 165 Å². The summed E-state index contributed by atoms with van der Waals surface area (Å²) in [5.74, 6) is 1.64. The van der Waals surface area contributed by atoms with E-state index in [-0.39, 0.29) is 5.91 Å². The molecule has 0 bridgehead atoms. The number of carbonyl (C=O) groups is 1. The zero-order valence-corrected chi connectivity index (χ0v) is 16.3. The third-order valence-corrected chi connectivity index (χ3v) is 5.19. The van der Waals surface area contributed by atoms with Gasteiger partial charge in [-0.1, -0.05) is 41.4 Å². The molecule has 3 aromatic rings. The number of benzene rings is 2. The minimum atomic E-state index is -0.0739. The van der Waals surface area contributed by atoms with Crippen LogP contribution in [0.4, 0.5) is 5.69 Å². The normalized spacial score (nSPS) is 10.7. The molecule has 0 atom stereocenters. The Morgan fingerprint density at radius 1 is 1.23 bits per heavy atom. The molecule has 0 spiro atoms. The molecule has 1 amide bonds. The fourth-order valence-electron chi connectivity index (χ4n) is 2.37. The van der Waals surface area contributed by atoms with Gasteiger partial charge in [0.25, 0.3) is 0 Å². The zero-order chi connectivity index (χ0) is 18.5. The van der Waals surface area contributed by atoms with Crippen LogP contribution in [0, 0.1) is 0 Å². The van der Waals surface area contributed by atoms with E-state index in [1.807, 2.05) is 41.9 Å². The summed E-state index contributed by atoms with van der Waals surface area (Å²) in [6.45, 7) is 0. The van der Waals surface area contributed by atoms with E-state index in [0.29, 0.717) is 21.6 Å². The number of nitrogens with one attached hydrogen (secondary N) is 1. The SMILES string of the molecule is Cn1cnnc1-c1cccc(NC(=O)CSCc2ccc(Cl)cc2Cl)c1. The molecule has 1 N–H and O–H groups in total. The number of carbonyl (C=O) groups excluding carboxylic acids is 1. The molecule has 8 heteroatoms. The van der Waals surface area contributed by atoms with E-state index in [4.69, 9.17) is 23.2 Å². The fourth-order valence-corrected chi connectivity index (χ4v) is 3.76. The molecule has 1 aromatic heterocycles. The number of anilines is 1. The van der Waals surface area contributed by atoms with Crippen LogP contribution in [0.25, 0.3) is 11.4 Å². The van der Waals surface area contributed by atoms with Crippen molar-refractivity contribution in [2.75, 3.05) is 11.1 Å². The van der Waals surface area contributed by atoms with Gasteiger partial charge in [-0.15, -0.1) is 22.0 Å². The van der Waals surface area contributed by atoms with Crippen LogP contribution in [0.15, 0.2) is 48.8 Å². The summed E-state index contributed by atoms with van der Waals surface area (Å²) in [5.41, 5.74) is 2.57. The Bertz CT molecular complexity index is 929. The van der Waals surface area contributed by atoms with Crippen molar-refractivity contribution in [3.63, 3.8) is 0 Å². The van der Waals surface area contributed by atoms with Crippen LogP contribution in [-0.4, -0.2) is 26.4 Å². The molecular formula is C18H16Cl2N4OS. The molecule has 0 saturated heterocycles. The van der Waals surface area contributed by atoms with E-state index < -0.39 is 0 Å². The molecular weight excluding hydrogens is 391 g/mol. The van der Waals surface area contributed by atoms with Crippen LogP contribution in [0.5, 0.6) is 0 Å². The maximum absolute atomic E-state index is 12.2. The van der Waals surface area contributed by atoms with Crippen molar-refractivity contribution in [3.8, 4) is 11.4 Å². The summed E-state index contributed by atoms with van der Waals surface area (Å²) in [5, 5.41) is 12.1. The number of thioether (sulfide) groups is 1. The maximum atomic E-state index is 12.2. The van der Waals surface area contributed by atoms with E-state index in [1.54, 1.807) is 18.5 Å². The van der Waals surface area contributed by atoms with Gasteiger partial charge >= 0.3 is 0 Å². The molecule has 0 saturated carbocycles. The highest BCUT2D eigenvalue weighted by Gasteiger charge is 2.08. The second-order valence-electron chi connectivity index (χ2n) is 5.62. The average molecular weight is 407 g/mol.